The first-order chi connectivity index (χ1) is 8.65. The number of halogens is 2. The molecule has 2 aromatic rings. The summed E-state index contributed by atoms with van der Waals surface area (Å²) >= 11 is 1.38. The smallest absolute Gasteiger partial charge is 0.134 e. The molecule has 0 aliphatic rings. The Morgan fingerprint density at radius 1 is 1.39 bits per heavy atom. The van der Waals surface area contributed by atoms with Crippen LogP contribution in [0.5, 0.6) is 0 Å². The maximum Gasteiger partial charge on any atom is 0.134 e. The minimum Gasteiger partial charge on any atom is -0.306 e. The zero-order valence-electron chi connectivity index (χ0n) is 10.2. The lowest BCUT2D eigenvalue weighted by molar-refractivity contribution is 0.509. The van der Waals surface area contributed by atoms with Gasteiger partial charge in [0.05, 0.1) is 11.6 Å². The first kappa shape index (κ1) is 13.1. The molecule has 2 rings (SSSR count). The molecular weight excluding hydrogens is 254 g/mol. The van der Waals surface area contributed by atoms with Gasteiger partial charge in [0.2, 0.25) is 0 Å². The molecule has 1 unspecified atom stereocenters. The van der Waals surface area contributed by atoms with Crippen LogP contribution in [0.1, 0.15) is 29.0 Å². The Balaban J connectivity index is 2.52. The Kier molecular flexibility index (Phi) is 4.04. The number of rotatable bonds is 4. The highest BCUT2D eigenvalue weighted by Crippen LogP contribution is 2.30. The van der Waals surface area contributed by atoms with Crippen molar-refractivity contribution in [2.45, 2.75) is 19.9 Å². The largest absolute Gasteiger partial charge is 0.306 e. The summed E-state index contributed by atoms with van der Waals surface area (Å²) in [6.45, 7) is 4.16. The maximum absolute atomic E-state index is 14.1. The van der Waals surface area contributed by atoms with Crippen LogP contribution in [0.2, 0.25) is 0 Å². The van der Waals surface area contributed by atoms with E-state index in [-0.39, 0.29) is 5.56 Å². The van der Waals surface area contributed by atoms with Crippen molar-refractivity contribution in [2.75, 3.05) is 6.54 Å². The zero-order chi connectivity index (χ0) is 13.1. The van der Waals surface area contributed by atoms with E-state index in [9.17, 15) is 8.78 Å². The lowest BCUT2D eigenvalue weighted by Crippen LogP contribution is -2.23. The van der Waals surface area contributed by atoms with Crippen molar-refractivity contribution in [2.24, 2.45) is 0 Å². The van der Waals surface area contributed by atoms with Crippen LogP contribution in [0.4, 0.5) is 8.78 Å². The van der Waals surface area contributed by atoms with Crippen LogP contribution in [0.25, 0.3) is 0 Å². The average molecular weight is 268 g/mol. The number of aryl methyl sites for hydroxylation is 1. The summed E-state index contributed by atoms with van der Waals surface area (Å²) in [5.74, 6) is -1.02. The molecule has 0 saturated heterocycles. The van der Waals surface area contributed by atoms with Crippen LogP contribution >= 0.6 is 11.3 Å². The van der Waals surface area contributed by atoms with Gasteiger partial charge in [-0.2, -0.15) is 0 Å². The van der Waals surface area contributed by atoms with Crippen LogP contribution in [0.15, 0.2) is 23.8 Å². The second-order valence-electron chi connectivity index (χ2n) is 3.99. The fraction of sp³-hybridized carbons (Fsp3) is 0.308. The maximum atomic E-state index is 14.1. The van der Waals surface area contributed by atoms with Gasteiger partial charge in [0.1, 0.15) is 11.6 Å². The van der Waals surface area contributed by atoms with E-state index in [2.05, 4.69) is 10.3 Å². The molecule has 1 aromatic carbocycles. The minimum atomic E-state index is -0.530. The molecule has 0 bridgehead atoms. The highest BCUT2D eigenvalue weighted by Gasteiger charge is 2.23. The number of nitrogens with zero attached hydrogens (tertiary/aromatic N) is 1. The molecule has 0 saturated carbocycles. The van der Waals surface area contributed by atoms with Crippen molar-refractivity contribution in [1.82, 2.24) is 10.3 Å². The van der Waals surface area contributed by atoms with E-state index in [0.29, 0.717) is 12.1 Å². The topological polar surface area (TPSA) is 24.9 Å². The molecule has 1 heterocycles. The quantitative estimate of drug-likeness (QED) is 0.919. The minimum absolute atomic E-state index is 0.0705. The molecule has 0 radical (unpaired) electrons. The van der Waals surface area contributed by atoms with Crippen LogP contribution in [-0.4, -0.2) is 11.5 Å². The standard InChI is InChI=1S/C13H14F2N2S/c1-3-17-13(10-6-16-7-18-10)11-9(14)5-4-8(2)12(11)15/h4-7,13,17H,3H2,1-2H3. The highest BCUT2D eigenvalue weighted by atomic mass is 32.1. The lowest BCUT2D eigenvalue weighted by Gasteiger charge is -2.18. The summed E-state index contributed by atoms with van der Waals surface area (Å²) in [7, 11) is 0. The number of hydrogen-bond donors (Lipinski definition) is 1. The summed E-state index contributed by atoms with van der Waals surface area (Å²) in [4.78, 5) is 4.77. The van der Waals surface area contributed by atoms with Gasteiger partial charge in [-0.3, -0.25) is 4.98 Å². The monoisotopic (exact) mass is 268 g/mol. The summed E-state index contributed by atoms with van der Waals surface area (Å²) in [6.07, 6.45) is 1.64. The van der Waals surface area contributed by atoms with E-state index in [1.807, 2.05) is 6.92 Å². The van der Waals surface area contributed by atoms with Gasteiger partial charge >= 0.3 is 0 Å². The third-order valence-corrected chi connectivity index (χ3v) is 3.59. The van der Waals surface area contributed by atoms with Crippen LogP contribution in [0.3, 0.4) is 0 Å². The summed E-state index contributed by atoms with van der Waals surface area (Å²) in [5.41, 5.74) is 2.17. The Labute approximate surface area is 109 Å². The predicted molar refractivity (Wildman–Crippen MR) is 68.7 cm³/mol. The van der Waals surface area contributed by atoms with Crippen molar-refractivity contribution in [1.29, 1.82) is 0 Å². The number of hydrogen-bond acceptors (Lipinski definition) is 3. The van der Waals surface area contributed by atoms with Gasteiger partial charge in [-0.05, 0) is 25.1 Å². The first-order valence-corrected chi connectivity index (χ1v) is 6.59. The van der Waals surface area contributed by atoms with Crippen molar-refractivity contribution < 1.29 is 8.78 Å². The predicted octanol–water partition coefficient (Wildman–Crippen LogP) is 3.43. The molecule has 2 nitrogen and oxygen atoms in total. The first-order valence-electron chi connectivity index (χ1n) is 5.71. The van der Waals surface area contributed by atoms with Gasteiger partial charge in [-0.15, -0.1) is 11.3 Å². The molecule has 1 aromatic heterocycles. The molecule has 0 fully saturated rings. The molecule has 1 N–H and O–H groups in total. The van der Waals surface area contributed by atoms with Crippen LogP contribution in [0, 0.1) is 18.6 Å². The van der Waals surface area contributed by atoms with Crippen molar-refractivity contribution >= 4 is 11.3 Å². The zero-order valence-corrected chi connectivity index (χ0v) is 11.0. The summed E-state index contributed by atoms with van der Waals surface area (Å²) in [5, 5.41) is 3.10. The number of nitrogens with one attached hydrogen (secondary N) is 1. The summed E-state index contributed by atoms with van der Waals surface area (Å²) < 4.78 is 28.0. The molecule has 0 amide bonds. The van der Waals surface area contributed by atoms with Gasteiger partial charge in [0.25, 0.3) is 0 Å². The van der Waals surface area contributed by atoms with Gasteiger partial charge in [0.15, 0.2) is 0 Å². The van der Waals surface area contributed by atoms with E-state index >= 15 is 0 Å². The van der Waals surface area contributed by atoms with Gasteiger partial charge < -0.3 is 5.32 Å². The number of benzene rings is 1. The second kappa shape index (κ2) is 5.54. The van der Waals surface area contributed by atoms with E-state index in [0.717, 1.165) is 4.88 Å². The van der Waals surface area contributed by atoms with E-state index < -0.39 is 17.7 Å². The molecule has 96 valence electrons. The fourth-order valence-electron chi connectivity index (χ4n) is 1.86. The lowest BCUT2D eigenvalue weighted by atomic mass is 10.0. The Hall–Kier alpha value is -1.33. The molecule has 5 heteroatoms. The molecule has 0 aliphatic heterocycles. The van der Waals surface area contributed by atoms with Crippen LogP contribution in [-0.2, 0) is 0 Å². The molecule has 0 aliphatic carbocycles. The highest BCUT2D eigenvalue weighted by molar-refractivity contribution is 7.09. The second-order valence-corrected chi connectivity index (χ2v) is 4.90. The van der Waals surface area contributed by atoms with Crippen molar-refractivity contribution in [3.05, 3.63) is 51.5 Å². The fourth-order valence-corrected chi connectivity index (χ4v) is 2.56. The Morgan fingerprint density at radius 2 is 2.17 bits per heavy atom. The third kappa shape index (κ3) is 2.42. The van der Waals surface area contributed by atoms with Gasteiger partial charge in [0, 0.05) is 16.6 Å². The average Bonchev–Trinajstić information content (AvgIpc) is 2.87. The SMILES string of the molecule is CCNC(c1cncs1)c1c(F)ccc(C)c1F. The molecule has 0 spiro atoms. The normalized spacial score (nSPS) is 12.7. The van der Waals surface area contributed by atoms with E-state index in [4.69, 9.17) is 0 Å². The molecular formula is C13H14F2N2S. The van der Waals surface area contributed by atoms with E-state index in [1.165, 1.54) is 23.5 Å². The Morgan fingerprint density at radius 3 is 2.78 bits per heavy atom. The third-order valence-electron chi connectivity index (χ3n) is 2.75. The van der Waals surface area contributed by atoms with Crippen molar-refractivity contribution in [3.8, 4) is 0 Å². The molecule has 18 heavy (non-hydrogen) atoms. The van der Waals surface area contributed by atoms with E-state index in [1.54, 1.807) is 18.6 Å². The van der Waals surface area contributed by atoms with Crippen molar-refractivity contribution in [3.63, 3.8) is 0 Å². The number of thiazole rings is 1. The van der Waals surface area contributed by atoms with Gasteiger partial charge in [-0.1, -0.05) is 13.0 Å². The Bertz CT molecular complexity index is 526. The van der Waals surface area contributed by atoms with Gasteiger partial charge in [-0.25, -0.2) is 8.78 Å². The summed E-state index contributed by atoms with van der Waals surface area (Å²) in [6, 6.07) is 2.27. The number of aromatic nitrogens is 1. The molecule has 1 atom stereocenters. The van der Waals surface area contributed by atoms with Crippen LogP contribution < -0.4 is 5.32 Å².